The summed E-state index contributed by atoms with van der Waals surface area (Å²) in [7, 11) is 0. The van der Waals surface area contributed by atoms with Crippen LogP contribution in [0.1, 0.15) is 70.8 Å². The molecule has 1 aliphatic carbocycles. The molecule has 1 atom stereocenters. The molecule has 3 fully saturated rings. The predicted octanol–water partition coefficient (Wildman–Crippen LogP) is 2.33. The minimum Gasteiger partial charge on any atom is -0.380 e. The van der Waals surface area contributed by atoms with Gasteiger partial charge in [-0.25, -0.2) is 8.78 Å². The van der Waals surface area contributed by atoms with E-state index < -0.39 is 35.6 Å². The van der Waals surface area contributed by atoms with Crippen LogP contribution in [0.15, 0.2) is 30.6 Å². The molecule has 0 radical (unpaired) electrons. The lowest BCUT2D eigenvalue weighted by Crippen LogP contribution is -2.54. The Labute approximate surface area is 217 Å². The standard InChI is InChI=1S/C26H28F2N6O4/c27-26(28)10-17(11-26)32-8-6-16(7-9-32)33-14-15(13-30-33)12-29-19-3-1-2-18-22(19)25(38)34(24(18)37)20-4-5-21(35)31-23(20)36/h1-3,13-14,16-17,20,29H,4-12H2,(H,31,35,36). The van der Waals surface area contributed by atoms with Crippen LogP contribution >= 0.6 is 0 Å². The van der Waals surface area contributed by atoms with E-state index in [1.165, 1.54) is 0 Å². The number of rotatable bonds is 6. The van der Waals surface area contributed by atoms with E-state index in [0.29, 0.717) is 12.2 Å². The van der Waals surface area contributed by atoms with Gasteiger partial charge in [-0.2, -0.15) is 5.10 Å². The van der Waals surface area contributed by atoms with Gasteiger partial charge in [-0.3, -0.25) is 39.0 Å². The summed E-state index contributed by atoms with van der Waals surface area (Å²) in [6, 6.07) is 4.11. The van der Waals surface area contributed by atoms with Crippen molar-refractivity contribution in [2.24, 2.45) is 0 Å². The number of hydrogen-bond donors (Lipinski definition) is 2. The Morgan fingerprint density at radius 1 is 1.03 bits per heavy atom. The summed E-state index contributed by atoms with van der Waals surface area (Å²) >= 11 is 0. The number of carbonyl (C=O) groups excluding carboxylic acids is 4. The molecule has 2 aromatic rings. The van der Waals surface area contributed by atoms with Crippen LogP contribution in [0.2, 0.25) is 0 Å². The monoisotopic (exact) mass is 526 g/mol. The molecule has 2 N–H and O–H groups in total. The fraction of sp³-hybridized carbons (Fsp3) is 0.500. The normalized spacial score (nSPS) is 24.4. The maximum Gasteiger partial charge on any atom is 0.264 e. The maximum absolute atomic E-state index is 13.3. The third-order valence-corrected chi connectivity index (χ3v) is 8.06. The summed E-state index contributed by atoms with van der Waals surface area (Å²) in [5.74, 6) is -4.68. The summed E-state index contributed by atoms with van der Waals surface area (Å²) in [6.45, 7) is 1.91. The molecule has 0 bridgehead atoms. The lowest BCUT2D eigenvalue weighted by atomic mass is 9.85. The number of hydrogen-bond acceptors (Lipinski definition) is 7. The highest BCUT2D eigenvalue weighted by atomic mass is 19.3. The van der Waals surface area contributed by atoms with Crippen molar-refractivity contribution in [2.45, 2.75) is 69.1 Å². The number of carbonyl (C=O) groups is 4. The third-order valence-electron chi connectivity index (χ3n) is 8.06. The van der Waals surface area contributed by atoms with Crippen LogP contribution in [0.4, 0.5) is 14.5 Å². The zero-order valence-electron chi connectivity index (χ0n) is 20.7. The molecule has 1 aromatic heterocycles. The topological polar surface area (TPSA) is 117 Å². The lowest BCUT2D eigenvalue weighted by Gasteiger charge is -2.45. The number of fused-ring (bicyclic) bond motifs is 1. The summed E-state index contributed by atoms with van der Waals surface area (Å²) in [6.07, 6.45) is 5.45. The van der Waals surface area contributed by atoms with Crippen molar-refractivity contribution in [3.8, 4) is 0 Å². The number of piperidine rings is 2. The Bertz CT molecular complexity index is 1310. The maximum atomic E-state index is 13.3. The average Bonchev–Trinajstić information content (AvgIpc) is 3.45. The fourth-order valence-electron chi connectivity index (χ4n) is 5.93. The quantitative estimate of drug-likeness (QED) is 0.555. The van der Waals surface area contributed by atoms with Gasteiger partial charge >= 0.3 is 0 Å². The molecular formula is C26H28F2N6O4. The first-order chi connectivity index (χ1) is 18.2. The molecule has 200 valence electrons. The molecule has 1 aromatic carbocycles. The van der Waals surface area contributed by atoms with E-state index in [1.807, 2.05) is 10.9 Å². The van der Waals surface area contributed by atoms with E-state index in [0.717, 1.165) is 36.4 Å². The van der Waals surface area contributed by atoms with Gasteiger partial charge in [-0.15, -0.1) is 0 Å². The molecular weight excluding hydrogens is 498 g/mol. The highest BCUT2D eigenvalue weighted by Gasteiger charge is 2.48. The molecule has 4 heterocycles. The van der Waals surface area contributed by atoms with Gasteiger partial charge in [0.15, 0.2) is 0 Å². The molecule has 1 unspecified atom stereocenters. The Kier molecular flexibility index (Phi) is 6.01. The van der Waals surface area contributed by atoms with Gasteiger partial charge in [0.2, 0.25) is 11.8 Å². The molecule has 6 rings (SSSR count). The number of alkyl halides is 2. The molecule has 1 saturated carbocycles. The molecule has 10 nitrogen and oxygen atoms in total. The average molecular weight is 527 g/mol. The number of aromatic nitrogens is 2. The Balaban J connectivity index is 1.09. The van der Waals surface area contributed by atoms with Crippen LogP contribution in [0, 0.1) is 0 Å². The van der Waals surface area contributed by atoms with Crippen molar-refractivity contribution in [1.82, 2.24) is 24.9 Å². The Hall–Kier alpha value is -3.67. The van der Waals surface area contributed by atoms with Crippen molar-refractivity contribution >= 4 is 29.3 Å². The van der Waals surface area contributed by atoms with E-state index in [4.69, 9.17) is 0 Å². The molecule has 4 amide bonds. The first-order valence-corrected chi connectivity index (χ1v) is 12.9. The number of nitrogens with zero attached hydrogens (tertiary/aromatic N) is 4. The fourth-order valence-corrected chi connectivity index (χ4v) is 5.93. The zero-order chi connectivity index (χ0) is 26.6. The van der Waals surface area contributed by atoms with Gasteiger partial charge in [0.1, 0.15) is 6.04 Å². The minimum atomic E-state index is -2.51. The van der Waals surface area contributed by atoms with Gasteiger partial charge in [0, 0.05) is 62.4 Å². The minimum absolute atomic E-state index is 0.0172. The third kappa shape index (κ3) is 4.36. The second-order valence-electron chi connectivity index (χ2n) is 10.5. The molecule has 3 aliphatic heterocycles. The number of imide groups is 2. The summed E-state index contributed by atoms with van der Waals surface area (Å²) < 4.78 is 28.4. The predicted molar refractivity (Wildman–Crippen MR) is 130 cm³/mol. The second-order valence-corrected chi connectivity index (χ2v) is 10.5. The number of amides is 4. The highest BCUT2D eigenvalue weighted by Crippen LogP contribution is 2.42. The van der Waals surface area contributed by atoms with Crippen molar-refractivity contribution in [1.29, 1.82) is 0 Å². The molecule has 38 heavy (non-hydrogen) atoms. The Morgan fingerprint density at radius 3 is 2.50 bits per heavy atom. The lowest BCUT2D eigenvalue weighted by molar-refractivity contribution is -0.136. The van der Waals surface area contributed by atoms with Gasteiger partial charge in [-0.05, 0) is 31.4 Å². The number of halogens is 2. The number of likely N-dealkylation sites (tertiary alicyclic amines) is 1. The van der Waals surface area contributed by atoms with Gasteiger partial charge in [-0.1, -0.05) is 6.07 Å². The van der Waals surface area contributed by atoms with E-state index in [2.05, 4.69) is 20.6 Å². The largest absolute Gasteiger partial charge is 0.380 e. The SMILES string of the molecule is O=C1CCC(N2C(=O)c3cccc(NCc4cnn(C5CCN(C6CC(F)(F)C6)CC5)c4)c3C2=O)C(=O)N1. The van der Waals surface area contributed by atoms with Crippen LogP contribution in [0.3, 0.4) is 0 Å². The van der Waals surface area contributed by atoms with Crippen molar-refractivity contribution < 1.29 is 28.0 Å². The van der Waals surface area contributed by atoms with Crippen LogP contribution in [-0.4, -0.2) is 74.3 Å². The van der Waals surface area contributed by atoms with Crippen LogP contribution in [0.5, 0.6) is 0 Å². The van der Waals surface area contributed by atoms with E-state index in [9.17, 15) is 28.0 Å². The zero-order valence-corrected chi connectivity index (χ0v) is 20.7. The van der Waals surface area contributed by atoms with E-state index in [-0.39, 0.29) is 48.9 Å². The number of anilines is 1. The number of benzene rings is 1. The Morgan fingerprint density at radius 2 is 1.79 bits per heavy atom. The highest BCUT2D eigenvalue weighted by molar-refractivity contribution is 6.25. The van der Waals surface area contributed by atoms with E-state index in [1.54, 1.807) is 24.4 Å². The molecule has 2 saturated heterocycles. The molecule has 4 aliphatic rings. The first-order valence-electron chi connectivity index (χ1n) is 12.9. The van der Waals surface area contributed by atoms with Crippen molar-refractivity contribution in [2.75, 3.05) is 18.4 Å². The first kappa shape index (κ1) is 24.7. The van der Waals surface area contributed by atoms with Crippen molar-refractivity contribution in [3.05, 3.63) is 47.3 Å². The van der Waals surface area contributed by atoms with Gasteiger partial charge in [0.05, 0.1) is 23.4 Å². The van der Waals surface area contributed by atoms with Crippen LogP contribution < -0.4 is 10.6 Å². The van der Waals surface area contributed by atoms with Crippen LogP contribution in [0.25, 0.3) is 0 Å². The molecule has 0 spiro atoms. The summed E-state index contributed by atoms with van der Waals surface area (Å²) in [5, 5.41) is 9.93. The van der Waals surface area contributed by atoms with Gasteiger partial charge < -0.3 is 5.32 Å². The second kappa shape index (κ2) is 9.26. The molecule has 12 heteroatoms. The smallest absolute Gasteiger partial charge is 0.264 e. The van der Waals surface area contributed by atoms with E-state index >= 15 is 0 Å². The van der Waals surface area contributed by atoms with Crippen LogP contribution in [-0.2, 0) is 16.1 Å². The van der Waals surface area contributed by atoms with Gasteiger partial charge in [0.25, 0.3) is 17.7 Å². The van der Waals surface area contributed by atoms with Crippen molar-refractivity contribution in [3.63, 3.8) is 0 Å². The number of nitrogens with one attached hydrogen (secondary N) is 2. The summed E-state index contributed by atoms with van der Waals surface area (Å²) in [4.78, 5) is 53.2. The summed E-state index contributed by atoms with van der Waals surface area (Å²) in [5.41, 5.74) is 1.80.